The zero-order valence-electron chi connectivity index (χ0n) is 15.4. The molecule has 28 heavy (non-hydrogen) atoms. The van der Waals surface area contributed by atoms with Gasteiger partial charge in [0, 0.05) is 10.0 Å². The minimum Gasteiger partial charge on any atom is -0.493 e. The van der Waals surface area contributed by atoms with Crippen molar-refractivity contribution in [2.45, 2.75) is 6.42 Å². The summed E-state index contributed by atoms with van der Waals surface area (Å²) in [6.45, 7) is 3.79. The van der Waals surface area contributed by atoms with Crippen LogP contribution in [-0.4, -0.2) is 24.4 Å². The third kappa shape index (κ3) is 4.16. The number of hydrogen-bond donors (Lipinski definition) is 0. The fraction of sp³-hybridized carbons (Fsp3) is 0.143. The van der Waals surface area contributed by atoms with Crippen molar-refractivity contribution in [1.82, 2.24) is 0 Å². The summed E-state index contributed by atoms with van der Waals surface area (Å²) in [5, 5.41) is 0. The number of benzene rings is 2. The van der Waals surface area contributed by atoms with Crippen LogP contribution in [-0.2, 0) is 11.2 Å². The standard InChI is InChI=1S/C21H18BrNO3S2/c1-4-6-14-9-13(10-17(25-2)19(14)26-3)11-18-20(24)23(21(27)28-18)16-8-5-7-15(22)12-16/h4-5,7-12H,1,6H2,2-3H3/b18-11-. The van der Waals surface area contributed by atoms with Crippen LogP contribution in [0.2, 0.25) is 0 Å². The number of ether oxygens (including phenoxy) is 2. The summed E-state index contributed by atoms with van der Waals surface area (Å²) >= 11 is 10.2. The summed E-state index contributed by atoms with van der Waals surface area (Å²) in [5.41, 5.74) is 2.51. The van der Waals surface area contributed by atoms with Crippen molar-refractivity contribution in [3.63, 3.8) is 0 Å². The number of nitrogens with zero attached hydrogens (tertiary/aromatic N) is 1. The monoisotopic (exact) mass is 475 g/mol. The molecule has 1 aliphatic heterocycles. The Morgan fingerprint density at radius 3 is 2.68 bits per heavy atom. The van der Waals surface area contributed by atoms with Gasteiger partial charge in [-0.25, -0.2) is 0 Å². The maximum absolute atomic E-state index is 13.0. The summed E-state index contributed by atoms with van der Waals surface area (Å²) in [4.78, 5) is 15.1. The smallest absolute Gasteiger partial charge is 0.270 e. The minimum absolute atomic E-state index is 0.145. The first-order valence-corrected chi connectivity index (χ1v) is 10.4. The molecule has 0 N–H and O–H groups in total. The molecule has 3 rings (SSSR count). The van der Waals surface area contributed by atoms with E-state index in [0.717, 1.165) is 21.3 Å². The zero-order chi connectivity index (χ0) is 20.3. The van der Waals surface area contributed by atoms with Crippen molar-refractivity contribution in [3.8, 4) is 11.5 Å². The van der Waals surface area contributed by atoms with E-state index in [0.29, 0.717) is 27.1 Å². The molecule has 0 radical (unpaired) electrons. The van der Waals surface area contributed by atoms with Crippen LogP contribution in [0.15, 0.2) is 58.4 Å². The van der Waals surface area contributed by atoms with E-state index in [2.05, 4.69) is 22.5 Å². The molecule has 2 aromatic rings. The van der Waals surface area contributed by atoms with Crippen LogP contribution in [0, 0.1) is 0 Å². The lowest BCUT2D eigenvalue weighted by atomic mass is 10.0. The molecule has 2 aromatic carbocycles. The molecule has 1 aliphatic rings. The zero-order valence-corrected chi connectivity index (χ0v) is 18.6. The number of methoxy groups -OCH3 is 2. The molecule has 1 saturated heterocycles. The van der Waals surface area contributed by atoms with Crippen LogP contribution in [0.1, 0.15) is 11.1 Å². The fourth-order valence-corrected chi connectivity index (χ4v) is 4.60. The van der Waals surface area contributed by atoms with Crippen LogP contribution in [0.25, 0.3) is 6.08 Å². The lowest BCUT2D eigenvalue weighted by Crippen LogP contribution is -2.27. The first-order chi connectivity index (χ1) is 13.5. The second-order valence-corrected chi connectivity index (χ2v) is 8.50. The summed E-state index contributed by atoms with van der Waals surface area (Å²) in [5.74, 6) is 1.13. The number of rotatable bonds is 6. The van der Waals surface area contributed by atoms with Gasteiger partial charge in [-0.15, -0.1) is 6.58 Å². The van der Waals surface area contributed by atoms with Crippen molar-refractivity contribution < 1.29 is 14.3 Å². The Balaban J connectivity index is 2.00. The SMILES string of the molecule is C=CCc1cc(/C=C2\SC(=S)N(c3cccc(Br)c3)C2=O)cc(OC)c1OC. The largest absolute Gasteiger partial charge is 0.493 e. The number of hydrogen-bond acceptors (Lipinski definition) is 5. The van der Waals surface area contributed by atoms with Crippen LogP contribution >= 0.6 is 39.9 Å². The van der Waals surface area contributed by atoms with Gasteiger partial charge >= 0.3 is 0 Å². The number of halogens is 1. The Bertz CT molecular complexity index is 988. The van der Waals surface area contributed by atoms with Crippen molar-refractivity contribution in [1.29, 1.82) is 0 Å². The molecule has 1 heterocycles. The Hall–Kier alpha value is -2.09. The second-order valence-electron chi connectivity index (χ2n) is 5.91. The van der Waals surface area contributed by atoms with Gasteiger partial charge in [-0.3, -0.25) is 9.69 Å². The molecule has 144 valence electrons. The van der Waals surface area contributed by atoms with Gasteiger partial charge in [-0.05, 0) is 48.4 Å². The Morgan fingerprint density at radius 1 is 1.25 bits per heavy atom. The Morgan fingerprint density at radius 2 is 2.04 bits per heavy atom. The van der Waals surface area contributed by atoms with Crippen molar-refractivity contribution in [2.75, 3.05) is 19.1 Å². The number of carbonyl (C=O) groups is 1. The van der Waals surface area contributed by atoms with Crippen molar-refractivity contribution in [3.05, 3.63) is 69.6 Å². The van der Waals surface area contributed by atoms with E-state index in [4.69, 9.17) is 21.7 Å². The molecule has 1 amide bonds. The first kappa shape index (κ1) is 20.6. The van der Waals surface area contributed by atoms with E-state index in [1.54, 1.807) is 25.2 Å². The number of anilines is 1. The highest BCUT2D eigenvalue weighted by molar-refractivity contribution is 9.10. The number of allylic oxidation sites excluding steroid dienone is 1. The van der Waals surface area contributed by atoms with Gasteiger partial charge in [-0.2, -0.15) is 0 Å². The van der Waals surface area contributed by atoms with Gasteiger partial charge in [0.25, 0.3) is 5.91 Å². The lowest BCUT2D eigenvalue weighted by Gasteiger charge is -2.15. The minimum atomic E-state index is -0.145. The normalized spacial score (nSPS) is 15.2. The highest BCUT2D eigenvalue weighted by Gasteiger charge is 2.33. The fourth-order valence-electron chi connectivity index (χ4n) is 2.91. The van der Waals surface area contributed by atoms with E-state index in [9.17, 15) is 4.79 Å². The summed E-state index contributed by atoms with van der Waals surface area (Å²) in [6.07, 6.45) is 4.25. The Labute approximate surface area is 182 Å². The molecule has 0 spiro atoms. The van der Waals surface area contributed by atoms with Gasteiger partial charge in [0.2, 0.25) is 0 Å². The summed E-state index contributed by atoms with van der Waals surface area (Å²) in [6, 6.07) is 11.3. The molecule has 0 aromatic heterocycles. The predicted octanol–water partition coefficient (Wildman–Crippen LogP) is 5.60. The van der Waals surface area contributed by atoms with Gasteiger partial charge in [0.15, 0.2) is 15.8 Å². The second kappa shape index (κ2) is 8.94. The van der Waals surface area contributed by atoms with E-state index in [1.165, 1.54) is 11.8 Å². The van der Waals surface area contributed by atoms with Crippen LogP contribution < -0.4 is 14.4 Å². The lowest BCUT2D eigenvalue weighted by molar-refractivity contribution is -0.113. The molecule has 0 aliphatic carbocycles. The van der Waals surface area contributed by atoms with E-state index in [-0.39, 0.29) is 5.91 Å². The van der Waals surface area contributed by atoms with Gasteiger partial charge in [0.1, 0.15) is 0 Å². The number of thiocarbonyl (C=S) groups is 1. The number of thioether (sulfide) groups is 1. The molecule has 4 nitrogen and oxygen atoms in total. The van der Waals surface area contributed by atoms with Gasteiger partial charge in [0.05, 0.1) is 24.8 Å². The predicted molar refractivity (Wildman–Crippen MR) is 123 cm³/mol. The first-order valence-electron chi connectivity index (χ1n) is 8.37. The van der Waals surface area contributed by atoms with Crippen LogP contribution in [0.4, 0.5) is 5.69 Å². The molecular weight excluding hydrogens is 458 g/mol. The maximum Gasteiger partial charge on any atom is 0.270 e. The average molecular weight is 476 g/mol. The summed E-state index contributed by atoms with van der Waals surface area (Å²) in [7, 11) is 3.19. The topological polar surface area (TPSA) is 38.8 Å². The molecule has 0 atom stereocenters. The van der Waals surface area contributed by atoms with E-state index >= 15 is 0 Å². The van der Waals surface area contributed by atoms with E-state index < -0.39 is 0 Å². The average Bonchev–Trinajstić information content (AvgIpc) is 2.94. The number of carbonyl (C=O) groups excluding carboxylic acids is 1. The van der Waals surface area contributed by atoms with Crippen LogP contribution in [0.3, 0.4) is 0 Å². The molecule has 0 unspecified atom stereocenters. The number of amides is 1. The third-order valence-corrected chi connectivity index (χ3v) is 5.90. The Kier molecular flexibility index (Phi) is 6.59. The van der Waals surface area contributed by atoms with Gasteiger partial charge < -0.3 is 9.47 Å². The molecule has 1 fully saturated rings. The summed E-state index contributed by atoms with van der Waals surface area (Å²) < 4.78 is 12.3. The van der Waals surface area contributed by atoms with E-state index in [1.807, 2.05) is 42.5 Å². The van der Waals surface area contributed by atoms with Crippen molar-refractivity contribution >= 4 is 61.9 Å². The molecule has 0 saturated carbocycles. The third-order valence-electron chi connectivity index (χ3n) is 4.10. The van der Waals surface area contributed by atoms with Crippen LogP contribution in [0.5, 0.6) is 11.5 Å². The molecule has 0 bridgehead atoms. The van der Waals surface area contributed by atoms with Crippen molar-refractivity contribution in [2.24, 2.45) is 0 Å². The quantitative estimate of drug-likeness (QED) is 0.308. The molecular formula is C21H18BrNO3S2. The highest BCUT2D eigenvalue weighted by atomic mass is 79.9. The molecule has 7 heteroatoms. The highest BCUT2D eigenvalue weighted by Crippen LogP contribution is 2.39. The van der Waals surface area contributed by atoms with Gasteiger partial charge in [-0.1, -0.05) is 52.1 Å². The maximum atomic E-state index is 13.0.